The lowest BCUT2D eigenvalue weighted by Crippen LogP contribution is -2.57. The molecule has 250 valence electrons. The summed E-state index contributed by atoms with van der Waals surface area (Å²) in [6, 6.07) is 6.96. The first-order valence-corrected chi connectivity index (χ1v) is 18.1. The normalized spacial score (nSPS) is 21.1. The van der Waals surface area contributed by atoms with Crippen LogP contribution in [-0.4, -0.2) is 87.4 Å². The summed E-state index contributed by atoms with van der Waals surface area (Å²) >= 11 is 0. The molecule has 1 aliphatic rings. The van der Waals surface area contributed by atoms with Gasteiger partial charge in [-0.05, 0) is 58.0 Å². The summed E-state index contributed by atoms with van der Waals surface area (Å²) in [4.78, 5) is 51.8. The molecule has 46 heavy (non-hydrogen) atoms. The summed E-state index contributed by atoms with van der Waals surface area (Å²) in [5, 5.41) is 18.5. The van der Waals surface area contributed by atoms with Crippen molar-refractivity contribution in [3.05, 3.63) is 48.5 Å². The number of rotatable bonds is 9. The Morgan fingerprint density at radius 2 is 1.74 bits per heavy atom. The summed E-state index contributed by atoms with van der Waals surface area (Å²) in [6.45, 7) is 16.7. The zero-order chi connectivity index (χ0) is 34.0. The molecule has 1 aromatic carbocycles. The average molecular weight is 656 g/mol. The number of aromatic nitrogens is 4. The lowest BCUT2D eigenvalue weighted by molar-refractivity contribution is -0.124. The Labute approximate surface area is 269 Å². The lowest BCUT2D eigenvalue weighted by atomic mass is 10.1. The van der Waals surface area contributed by atoms with E-state index in [4.69, 9.17) is 13.9 Å². The summed E-state index contributed by atoms with van der Waals surface area (Å²) < 4.78 is 20.2. The highest BCUT2D eigenvalue weighted by Crippen LogP contribution is 2.42. The lowest BCUT2D eigenvalue weighted by Gasteiger charge is -2.41. The third-order valence-corrected chi connectivity index (χ3v) is 12.6. The van der Waals surface area contributed by atoms with E-state index in [0.717, 1.165) is 0 Å². The molecule has 2 aromatic heterocycles. The third-order valence-electron chi connectivity index (χ3n) is 8.10. The standard InChI is InChI=1S/C31H45N7O7Si/c1-18(35-29(42)44-30(2,3)4)26(40)36-21-20(15-39)43-28(23(21)45-46(8,9)31(5,6)7)38-17-34-22-24(32-16-33-25(22)38)37-27(41)19-13-11-10-12-14-19/h10-14,16-18,20-21,23,28,39H,15H2,1-9H3,(H,35,42)(H,36,40)(H,32,33,37,41)/t18-,20+,21+,23+,28+/m0/s1. The Kier molecular flexibility index (Phi) is 10.2. The van der Waals surface area contributed by atoms with Crippen LogP contribution in [0.5, 0.6) is 0 Å². The number of aliphatic hydroxyl groups is 1. The number of benzene rings is 1. The van der Waals surface area contributed by atoms with Gasteiger partial charge in [0.05, 0.1) is 19.0 Å². The molecule has 0 unspecified atom stereocenters. The maximum atomic E-state index is 13.4. The Morgan fingerprint density at radius 1 is 1.07 bits per heavy atom. The maximum Gasteiger partial charge on any atom is 0.408 e. The van der Waals surface area contributed by atoms with Gasteiger partial charge in [-0.3, -0.25) is 14.2 Å². The Morgan fingerprint density at radius 3 is 2.35 bits per heavy atom. The van der Waals surface area contributed by atoms with Gasteiger partial charge in [-0.2, -0.15) is 0 Å². The molecular formula is C31H45N7O7Si. The molecule has 3 aromatic rings. The van der Waals surface area contributed by atoms with Gasteiger partial charge in [0, 0.05) is 5.56 Å². The van der Waals surface area contributed by atoms with Gasteiger partial charge in [-0.15, -0.1) is 0 Å². The van der Waals surface area contributed by atoms with E-state index in [9.17, 15) is 19.5 Å². The van der Waals surface area contributed by atoms with E-state index >= 15 is 0 Å². The van der Waals surface area contributed by atoms with Crippen molar-refractivity contribution in [3.63, 3.8) is 0 Å². The van der Waals surface area contributed by atoms with Crippen LogP contribution < -0.4 is 16.0 Å². The van der Waals surface area contributed by atoms with Gasteiger partial charge in [-0.1, -0.05) is 39.0 Å². The molecule has 1 fully saturated rings. The van der Waals surface area contributed by atoms with Crippen LogP contribution in [0, 0.1) is 0 Å². The van der Waals surface area contributed by atoms with Gasteiger partial charge in [0.25, 0.3) is 5.91 Å². The third kappa shape index (κ3) is 7.89. The number of ether oxygens (including phenoxy) is 2. The quantitative estimate of drug-likeness (QED) is 0.248. The monoisotopic (exact) mass is 655 g/mol. The molecule has 1 aliphatic heterocycles. The number of nitrogens with zero attached hydrogens (tertiary/aromatic N) is 4. The van der Waals surface area contributed by atoms with Gasteiger partial charge < -0.3 is 35.0 Å². The molecule has 4 N–H and O–H groups in total. The van der Waals surface area contributed by atoms with Crippen molar-refractivity contribution in [2.24, 2.45) is 0 Å². The van der Waals surface area contributed by atoms with E-state index in [-0.39, 0.29) is 16.8 Å². The number of aliphatic hydroxyl groups excluding tert-OH is 1. The highest BCUT2D eigenvalue weighted by atomic mass is 28.4. The molecule has 1 saturated heterocycles. The first-order chi connectivity index (χ1) is 21.4. The van der Waals surface area contributed by atoms with Crippen LogP contribution in [0.25, 0.3) is 11.2 Å². The molecule has 0 aliphatic carbocycles. The van der Waals surface area contributed by atoms with Gasteiger partial charge in [-0.25, -0.2) is 19.7 Å². The maximum absolute atomic E-state index is 13.4. The molecule has 3 heterocycles. The number of alkyl carbamates (subject to hydrolysis) is 1. The Balaban J connectivity index is 1.67. The second kappa shape index (κ2) is 13.4. The summed E-state index contributed by atoms with van der Waals surface area (Å²) in [5.74, 6) is -0.655. The number of hydrogen-bond donors (Lipinski definition) is 4. The van der Waals surface area contributed by atoms with Gasteiger partial charge >= 0.3 is 6.09 Å². The van der Waals surface area contributed by atoms with Crippen molar-refractivity contribution >= 4 is 43.2 Å². The predicted octanol–water partition coefficient (Wildman–Crippen LogP) is 3.76. The van der Waals surface area contributed by atoms with E-state index in [1.807, 2.05) is 6.07 Å². The highest BCUT2D eigenvalue weighted by Gasteiger charge is 2.52. The molecule has 14 nitrogen and oxygen atoms in total. The van der Waals surface area contributed by atoms with Crippen LogP contribution in [0.1, 0.15) is 65.1 Å². The van der Waals surface area contributed by atoms with Crippen LogP contribution in [0.4, 0.5) is 10.6 Å². The fourth-order valence-electron chi connectivity index (χ4n) is 4.67. The summed E-state index contributed by atoms with van der Waals surface area (Å²) in [6.07, 6.45) is -0.437. The van der Waals surface area contributed by atoms with Crippen LogP contribution in [0.2, 0.25) is 18.1 Å². The number of hydrogen-bond acceptors (Lipinski definition) is 10. The molecule has 5 atom stereocenters. The molecular weight excluding hydrogens is 610 g/mol. The summed E-state index contributed by atoms with van der Waals surface area (Å²) in [5.41, 5.74) is 0.397. The smallest absolute Gasteiger partial charge is 0.408 e. The number of anilines is 1. The minimum Gasteiger partial charge on any atom is -0.444 e. The fourth-order valence-corrected chi connectivity index (χ4v) is 5.97. The largest absolute Gasteiger partial charge is 0.444 e. The summed E-state index contributed by atoms with van der Waals surface area (Å²) in [7, 11) is -2.50. The van der Waals surface area contributed by atoms with E-state index in [1.165, 1.54) is 19.6 Å². The molecule has 0 bridgehead atoms. The van der Waals surface area contributed by atoms with E-state index in [2.05, 4.69) is 64.8 Å². The van der Waals surface area contributed by atoms with Crippen molar-refractivity contribution in [1.29, 1.82) is 0 Å². The molecule has 4 rings (SSSR count). The number of amides is 3. The Hall–Kier alpha value is -3.92. The van der Waals surface area contributed by atoms with E-state index < -0.39 is 63.0 Å². The number of imidazole rings is 1. The SMILES string of the molecule is C[C@H](NC(=O)OC(C)(C)C)C(=O)N[C@H]1[C@@H](O[Si](C)(C)C(C)(C)C)[C@H](n2cnc3c(NC(=O)c4ccccc4)ncnc32)O[C@@H]1CO. The van der Waals surface area contributed by atoms with E-state index in [0.29, 0.717) is 16.7 Å². The Bertz CT molecular complexity index is 1550. The highest BCUT2D eigenvalue weighted by molar-refractivity contribution is 6.74. The first-order valence-electron chi connectivity index (χ1n) is 15.2. The number of nitrogens with one attached hydrogen (secondary N) is 3. The van der Waals surface area contributed by atoms with Crippen LogP contribution in [0.3, 0.4) is 0 Å². The number of carbonyl (C=O) groups is 3. The van der Waals surface area contributed by atoms with Crippen LogP contribution >= 0.6 is 0 Å². The van der Waals surface area contributed by atoms with Crippen LogP contribution in [-0.2, 0) is 18.7 Å². The van der Waals surface area contributed by atoms with Crippen molar-refractivity contribution in [3.8, 4) is 0 Å². The van der Waals surface area contributed by atoms with Crippen molar-refractivity contribution in [2.75, 3.05) is 11.9 Å². The number of fused-ring (bicyclic) bond motifs is 1. The van der Waals surface area contributed by atoms with Crippen molar-refractivity contribution < 1.29 is 33.4 Å². The zero-order valence-corrected chi connectivity index (χ0v) is 28.8. The van der Waals surface area contributed by atoms with Crippen molar-refractivity contribution in [2.45, 2.75) is 103 Å². The molecule has 0 radical (unpaired) electrons. The average Bonchev–Trinajstić information content (AvgIpc) is 3.53. The topological polar surface area (TPSA) is 179 Å². The minimum absolute atomic E-state index is 0.205. The van der Waals surface area contributed by atoms with Crippen LogP contribution in [0.15, 0.2) is 43.0 Å². The minimum atomic E-state index is -2.50. The van der Waals surface area contributed by atoms with Gasteiger partial charge in [0.1, 0.15) is 30.2 Å². The second-order valence-corrected chi connectivity index (χ2v) is 18.6. The molecule has 15 heteroatoms. The number of carbonyl (C=O) groups excluding carboxylic acids is 3. The van der Waals surface area contributed by atoms with Gasteiger partial charge in [0.2, 0.25) is 5.91 Å². The zero-order valence-electron chi connectivity index (χ0n) is 27.8. The molecule has 0 spiro atoms. The first kappa shape index (κ1) is 34.9. The fraction of sp³-hybridized carbons (Fsp3) is 0.548. The van der Waals surface area contributed by atoms with E-state index in [1.54, 1.807) is 49.6 Å². The predicted molar refractivity (Wildman–Crippen MR) is 174 cm³/mol. The molecule has 3 amide bonds. The molecule has 0 saturated carbocycles. The van der Waals surface area contributed by atoms with Gasteiger partial charge in [0.15, 0.2) is 31.5 Å². The van der Waals surface area contributed by atoms with Crippen molar-refractivity contribution in [1.82, 2.24) is 30.2 Å². The second-order valence-electron chi connectivity index (χ2n) is 13.9.